The molecule has 0 aromatic carbocycles. The van der Waals surface area contributed by atoms with Crippen LogP contribution >= 0.6 is 11.3 Å². The van der Waals surface area contributed by atoms with E-state index < -0.39 is 23.7 Å². The predicted molar refractivity (Wildman–Crippen MR) is 86.5 cm³/mol. The summed E-state index contributed by atoms with van der Waals surface area (Å²) in [4.78, 5) is 31.4. The summed E-state index contributed by atoms with van der Waals surface area (Å²) in [6, 6.07) is -0.868. The van der Waals surface area contributed by atoms with Gasteiger partial charge in [-0.1, -0.05) is 0 Å². The van der Waals surface area contributed by atoms with E-state index in [1.165, 1.54) is 16.2 Å². The van der Waals surface area contributed by atoms with Crippen molar-refractivity contribution < 1.29 is 19.4 Å². The number of amides is 1. The Balaban J connectivity index is 2.09. The molecule has 2 atom stereocenters. The SMILES string of the molecule is C[C@@H](c1nccs1)N1CCN(C(=O)OC(C)(C)C)C[C@H]1C(=O)O. The fraction of sp³-hybridized carbons (Fsp3) is 0.667. The van der Waals surface area contributed by atoms with Crippen LogP contribution in [0.15, 0.2) is 11.6 Å². The minimum atomic E-state index is -0.943. The summed E-state index contributed by atoms with van der Waals surface area (Å²) in [5.74, 6) is -0.943. The monoisotopic (exact) mass is 341 g/mol. The molecule has 0 saturated carbocycles. The van der Waals surface area contributed by atoms with E-state index in [1.807, 2.05) is 17.2 Å². The molecule has 1 fully saturated rings. The Bertz CT molecular complexity index is 556. The Morgan fingerprint density at radius 1 is 1.43 bits per heavy atom. The van der Waals surface area contributed by atoms with Gasteiger partial charge in [0.1, 0.15) is 16.7 Å². The third-order valence-corrected chi connectivity index (χ3v) is 4.61. The van der Waals surface area contributed by atoms with Crippen LogP contribution in [0.2, 0.25) is 0 Å². The summed E-state index contributed by atoms with van der Waals surface area (Å²) in [7, 11) is 0. The average Bonchev–Trinajstić information content (AvgIpc) is 2.98. The number of carboxylic acid groups (broad SMARTS) is 1. The smallest absolute Gasteiger partial charge is 0.410 e. The molecule has 1 aromatic heterocycles. The van der Waals surface area contributed by atoms with Crippen LogP contribution in [0.4, 0.5) is 4.79 Å². The van der Waals surface area contributed by atoms with Gasteiger partial charge in [0.05, 0.1) is 12.6 Å². The van der Waals surface area contributed by atoms with Crippen LogP contribution in [0.5, 0.6) is 0 Å². The van der Waals surface area contributed by atoms with E-state index >= 15 is 0 Å². The van der Waals surface area contributed by atoms with Gasteiger partial charge in [-0.15, -0.1) is 11.3 Å². The summed E-state index contributed by atoms with van der Waals surface area (Å²) < 4.78 is 5.34. The second-order valence-corrected chi connectivity index (χ2v) is 7.49. The molecule has 1 aliphatic rings. The number of carbonyl (C=O) groups is 2. The fourth-order valence-corrected chi connectivity index (χ4v) is 3.27. The number of hydrogen-bond donors (Lipinski definition) is 1. The first kappa shape index (κ1) is 17.7. The van der Waals surface area contributed by atoms with Crippen molar-refractivity contribution in [3.05, 3.63) is 16.6 Å². The Kier molecular flexibility index (Phi) is 5.26. The number of thiazole rings is 1. The highest BCUT2D eigenvalue weighted by Crippen LogP contribution is 2.27. The van der Waals surface area contributed by atoms with Crippen LogP contribution < -0.4 is 0 Å². The van der Waals surface area contributed by atoms with Crippen molar-refractivity contribution in [1.82, 2.24) is 14.8 Å². The van der Waals surface area contributed by atoms with Gasteiger partial charge in [0.2, 0.25) is 0 Å². The molecule has 2 heterocycles. The van der Waals surface area contributed by atoms with Crippen LogP contribution in [-0.4, -0.2) is 63.2 Å². The molecular formula is C15H23N3O4S. The van der Waals surface area contributed by atoms with Crippen LogP contribution in [-0.2, 0) is 9.53 Å². The van der Waals surface area contributed by atoms with Gasteiger partial charge in [-0.25, -0.2) is 9.78 Å². The van der Waals surface area contributed by atoms with E-state index in [4.69, 9.17) is 4.74 Å². The summed E-state index contributed by atoms with van der Waals surface area (Å²) in [6.07, 6.45) is 1.24. The largest absolute Gasteiger partial charge is 0.480 e. The first-order valence-electron chi connectivity index (χ1n) is 7.55. The van der Waals surface area contributed by atoms with Gasteiger partial charge in [0.25, 0.3) is 0 Å². The molecule has 2 rings (SSSR count). The van der Waals surface area contributed by atoms with Crippen molar-refractivity contribution in [3.8, 4) is 0 Å². The molecule has 1 N–H and O–H groups in total. The summed E-state index contributed by atoms with van der Waals surface area (Å²) in [5.41, 5.74) is -0.596. The van der Waals surface area contributed by atoms with Crippen LogP contribution in [0.1, 0.15) is 38.7 Å². The van der Waals surface area contributed by atoms with Crippen molar-refractivity contribution in [2.75, 3.05) is 19.6 Å². The zero-order chi connectivity index (χ0) is 17.2. The highest BCUT2D eigenvalue weighted by atomic mass is 32.1. The standard InChI is InChI=1S/C15H23N3O4S/c1-10(12-16-5-8-23-12)18-7-6-17(9-11(18)13(19)20)14(21)22-15(2,3)4/h5,8,10-11H,6-7,9H2,1-4H3,(H,19,20)/t10-,11-/m0/s1. The average molecular weight is 341 g/mol. The van der Waals surface area contributed by atoms with Gasteiger partial charge in [0.15, 0.2) is 0 Å². The first-order chi connectivity index (χ1) is 10.7. The third-order valence-electron chi connectivity index (χ3n) is 3.66. The lowest BCUT2D eigenvalue weighted by atomic mass is 10.1. The van der Waals surface area contributed by atoms with Crippen molar-refractivity contribution in [1.29, 1.82) is 0 Å². The van der Waals surface area contributed by atoms with Crippen molar-refractivity contribution in [2.45, 2.75) is 45.4 Å². The number of aromatic nitrogens is 1. The molecule has 0 radical (unpaired) electrons. The molecule has 23 heavy (non-hydrogen) atoms. The Morgan fingerprint density at radius 3 is 2.65 bits per heavy atom. The number of carboxylic acids is 1. The lowest BCUT2D eigenvalue weighted by molar-refractivity contribution is -0.146. The summed E-state index contributed by atoms with van der Waals surface area (Å²) in [5, 5.41) is 12.3. The molecule has 1 aromatic rings. The van der Waals surface area contributed by atoms with Crippen molar-refractivity contribution in [3.63, 3.8) is 0 Å². The molecule has 1 amide bonds. The number of ether oxygens (including phenoxy) is 1. The Morgan fingerprint density at radius 2 is 2.13 bits per heavy atom. The zero-order valence-corrected chi connectivity index (χ0v) is 14.7. The minimum Gasteiger partial charge on any atom is -0.480 e. The number of carbonyl (C=O) groups excluding carboxylic acids is 1. The molecule has 1 saturated heterocycles. The maximum absolute atomic E-state index is 12.2. The maximum Gasteiger partial charge on any atom is 0.410 e. The molecule has 8 heteroatoms. The van der Waals surface area contributed by atoms with Gasteiger partial charge in [-0.3, -0.25) is 9.69 Å². The molecule has 0 unspecified atom stereocenters. The quantitative estimate of drug-likeness (QED) is 0.907. The minimum absolute atomic E-state index is 0.100. The highest BCUT2D eigenvalue weighted by molar-refractivity contribution is 7.09. The third kappa shape index (κ3) is 4.42. The van der Waals surface area contributed by atoms with E-state index in [9.17, 15) is 14.7 Å². The number of piperazine rings is 1. The highest BCUT2D eigenvalue weighted by Gasteiger charge is 2.38. The van der Waals surface area contributed by atoms with Crippen LogP contribution in [0.3, 0.4) is 0 Å². The molecule has 1 aliphatic heterocycles. The van der Waals surface area contributed by atoms with Gasteiger partial charge in [-0.2, -0.15) is 0 Å². The number of hydrogen-bond acceptors (Lipinski definition) is 6. The second-order valence-electron chi connectivity index (χ2n) is 6.56. The topological polar surface area (TPSA) is 83.0 Å². The van der Waals surface area contributed by atoms with Gasteiger partial charge in [0, 0.05) is 24.7 Å². The zero-order valence-electron chi connectivity index (χ0n) is 13.9. The Hall–Kier alpha value is -1.67. The normalized spacial score (nSPS) is 21.0. The van der Waals surface area contributed by atoms with Crippen molar-refractivity contribution in [2.24, 2.45) is 0 Å². The van der Waals surface area contributed by atoms with E-state index in [0.29, 0.717) is 13.1 Å². The van der Waals surface area contributed by atoms with E-state index in [0.717, 1.165) is 5.01 Å². The summed E-state index contributed by atoms with van der Waals surface area (Å²) in [6.45, 7) is 8.34. The van der Waals surface area contributed by atoms with Crippen LogP contribution in [0.25, 0.3) is 0 Å². The molecular weight excluding hydrogens is 318 g/mol. The van der Waals surface area contributed by atoms with Crippen LogP contribution in [0, 0.1) is 0 Å². The predicted octanol–water partition coefficient (Wildman–Crippen LogP) is 2.21. The fourth-order valence-electron chi connectivity index (χ4n) is 2.56. The molecule has 0 spiro atoms. The Labute approximate surface area is 139 Å². The van der Waals surface area contributed by atoms with E-state index in [-0.39, 0.29) is 12.6 Å². The lowest BCUT2D eigenvalue weighted by Crippen LogP contribution is -2.58. The molecule has 0 aliphatic carbocycles. The number of rotatable bonds is 3. The summed E-state index contributed by atoms with van der Waals surface area (Å²) >= 11 is 1.50. The van der Waals surface area contributed by atoms with Gasteiger partial charge < -0.3 is 14.7 Å². The molecule has 7 nitrogen and oxygen atoms in total. The van der Waals surface area contributed by atoms with E-state index in [1.54, 1.807) is 27.0 Å². The second kappa shape index (κ2) is 6.84. The molecule has 0 bridgehead atoms. The van der Waals surface area contributed by atoms with E-state index in [2.05, 4.69) is 4.98 Å². The lowest BCUT2D eigenvalue weighted by Gasteiger charge is -2.41. The van der Waals surface area contributed by atoms with Gasteiger partial charge in [-0.05, 0) is 27.7 Å². The number of nitrogens with zero attached hydrogens (tertiary/aromatic N) is 3. The molecule has 128 valence electrons. The number of aliphatic carboxylic acids is 1. The van der Waals surface area contributed by atoms with Gasteiger partial charge >= 0.3 is 12.1 Å². The van der Waals surface area contributed by atoms with Crippen molar-refractivity contribution >= 4 is 23.4 Å². The first-order valence-corrected chi connectivity index (χ1v) is 8.43. The maximum atomic E-state index is 12.2.